The molecule has 1 heterocycles. The zero-order valence-corrected chi connectivity index (χ0v) is 26.0. The van der Waals surface area contributed by atoms with Crippen LogP contribution in [0.3, 0.4) is 0 Å². The van der Waals surface area contributed by atoms with Gasteiger partial charge in [-0.2, -0.15) is 8.42 Å². The van der Waals surface area contributed by atoms with E-state index in [1.54, 1.807) is 6.07 Å². The van der Waals surface area contributed by atoms with Crippen LogP contribution in [0.15, 0.2) is 78.9 Å². The number of ether oxygens (including phenoxy) is 1. The van der Waals surface area contributed by atoms with Crippen LogP contribution in [0.4, 0.5) is 5.69 Å². The standard InChI is InChI=1S/C27H32N2O4SSi.Zn/c1-35(2,3)17-16-28-27(30)20-29(34(28,31)32)25-15-14-24(18-22-10-6-4-7-11-22)19-26(25)33-21-23-12-8-5-9-13-23;/h4-15,19H,16-18,20-21H2,1-3H3;. The van der Waals surface area contributed by atoms with Crippen LogP contribution in [0.2, 0.25) is 25.7 Å². The van der Waals surface area contributed by atoms with E-state index in [0.29, 0.717) is 24.5 Å². The minimum absolute atomic E-state index is 0. The van der Waals surface area contributed by atoms with Gasteiger partial charge in [-0.3, -0.25) is 4.79 Å². The number of anilines is 1. The van der Waals surface area contributed by atoms with Crippen LogP contribution in [0.25, 0.3) is 0 Å². The topological polar surface area (TPSA) is 66.9 Å². The zero-order valence-electron chi connectivity index (χ0n) is 21.2. The summed E-state index contributed by atoms with van der Waals surface area (Å²) in [5, 5.41) is 0. The fraction of sp³-hybridized carbons (Fsp3) is 0.296. The predicted molar refractivity (Wildman–Crippen MR) is 143 cm³/mol. The summed E-state index contributed by atoms with van der Waals surface area (Å²) in [5.74, 6) is 0.0522. The van der Waals surface area contributed by atoms with Crippen LogP contribution < -0.4 is 9.04 Å². The Morgan fingerprint density at radius 1 is 0.861 bits per heavy atom. The minimum Gasteiger partial charge on any atom is -0.487 e. The maximum absolute atomic E-state index is 13.4. The normalized spacial score (nSPS) is 15.0. The Kier molecular flexibility index (Phi) is 9.14. The van der Waals surface area contributed by atoms with E-state index in [1.807, 2.05) is 60.7 Å². The Hall–Kier alpha value is -2.48. The molecule has 3 aromatic rings. The van der Waals surface area contributed by atoms with E-state index in [9.17, 15) is 13.2 Å². The van der Waals surface area contributed by atoms with E-state index in [2.05, 4.69) is 31.8 Å². The second-order valence-electron chi connectivity index (χ2n) is 10.0. The second kappa shape index (κ2) is 11.7. The molecule has 1 amide bonds. The monoisotopic (exact) mass is 572 g/mol. The summed E-state index contributed by atoms with van der Waals surface area (Å²) in [6.07, 6.45) is 0.691. The third-order valence-corrected chi connectivity index (χ3v) is 9.51. The summed E-state index contributed by atoms with van der Waals surface area (Å²) in [6, 6.07) is 26.1. The van der Waals surface area contributed by atoms with Gasteiger partial charge in [0.25, 0.3) is 5.91 Å². The number of amides is 1. The fourth-order valence-corrected chi connectivity index (χ4v) is 6.58. The van der Waals surface area contributed by atoms with Crippen LogP contribution in [-0.4, -0.2) is 39.8 Å². The Balaban J connectivity index is 0.00000361. The third kappa shape index (κ3) is 6.84. The van der Waals surface area contributed by atoms with Crippen molar-refractivity contribution in [1.29, 1.82) is 0 Å². The molecule has 0 atom stereocenters. The van der Waals surface area contributed by atoms with Crippen LogP contribution in [0, 0.1) is 0 Å². The molecule has 1 saturated heterocycles. The van der Waals surface area contributed by atoms with E-state index in [0.717, 1.165) is 27.0 Å². The smallest absolute Gasteiger partial charge is 0.329 e. The minimum atomic E-state index is -3.97. The molecular formula is C27H32N2O4SSiZn. The molecular weight excluding hydrogens is 542 g/mol. The Morgan fingerprint density at radius 2 is 1.47 bits per heavy atom. The van der Waals surface area contributed by atoms with Gasteiger partial charge in [-0.1, -0.05) is 86.4 Å². The predicted octanol–water partition coefficient (Wildman–Crippen LogP) is 5.09. The molecule has 0 radical (unpaired) electrons. The van der Waals surface area contributed by atoms with E-state index in [4.69, 9.17) is 4.74 Å². The van der Waals surface area contributed by atoms with Crippen LogP contribution in [-0.2, 0) is 47.5 Å². The summed E-state index contributed by atoms with van der Waals surface area (Å²) >= 11 is 0. The van der Waals surface area contributed by atoms with Crippen molar-refractivity contribution in [3.05, 3.63) is 95.6 Å². The number of hydrogen-bond donors (Lipinski definition) is 0. The largest absolute Gasteiger partial charge is 0.487 e. The van der Waals surface area contributed by atoms with Crippen LogP contribution in [0.1, 0.15) is 16.7 Å². The van der Waals surface area contributed by atoms with Crippen LogP contribution in [0.5, 0.6) is 5.75 Å². The van der Waals surface area contributed by atoms with Gasteiger partial charge in [0.05, 0.1) is 5.69 Å². The first-order valence-electron chi connectivity index (χ1n) is 11.8. The molecule has 0 N–H and O–H groups in total. The SMILES string of the molecule is C[Si](C)(C)CCN1C(=O)CN(c2ccc(Cc3ccccc3)cc2OCc2ccccc2)S1(=O)=O.[Zn]. The molecule has 9 heteroatoms. The molecule has 0 bridgehead atoms. The van der Waals surface area contributed by atoms with Gasteiger partial charge in [-0.15, -0.1) is 0 Å². The molecule has 0 aliphatic carbocycles. The molecule has 0 spiro atoms. The number of carbonyl (C=O) groups is 1. The summed E-state index contributed by atoms with van der Waals surface area (Å²) in [6.45, 7) is 6.80. The summed E-state index contributed by atoms with van der Waals surface area (Å²) in [4.78, 5) is 12.8. The third-order valence-electron chi connectivity index (χ3n) is 5.96. The van der Waals surface area contributed by atoms with E-state index >= 15 is 0 Å². The number of hydrogen-bond acceptors (Lipinski definition) is 4. The molecule has 6 nitrogen and oxygen atoms in total. The summed E-state index contributed by atoms with van der Waals surface area (Å²) < 4.78 is 35.2. The van der Waals surface area contributed by atoms with Crippen LogP contribution >= 0.6 is 0 Å². The van der Waals surface area contributed by atoms with Gasteiger partial charge in [0, 0.05) is 34.1 Å². The van der Waals surface area contributed by atoms with Gasteiger partial charge in [0.2, 0.25) is 0 Å². The molecule has 36 heavy (non-hydrogen) atoms. The van der Waals surface area contributed by atoms with Gasteiger partial charge in [-0.25, -0.2) is 8.61 Å². The van der Waals surface area contributed by atoms with Crippen molar-refractivity contribution in [3.63, 3.8) is 0 Å². The Labute approximate surface area is 228 Å². The molecule has 1 fully saturated rings. The van der Waals surface area contributed by atoms with Gasteiger partial charge in [0.1, 0.15) is 18.9 Å². The molecule has 1 aliphatic heterocycles. The first kappa shape index (κ1) is 28.1. The number of rotatable bonds is 9. The summed E-state index contributed by atoms with van der Waals surface area (Å²) in [7, 11) is -5.50. The molecule has 186 valence electrons. The van der Waals surface area contributed by atoms with Gasteiger partial charge in [-0.05, 0) is 41.3 Å². The van der Waals surface area contributed by atoms with Crippen molar-refractivity contribution in [2.24, 2.45) is 0 Å². The van der Waals surface area contributed by atoms with E-state index in [1.165, 1.54) is 4.31 Å². The quantitative estimate of drug-likeness (QED) is 0.335. The Bertz CT molecular complexity index is 1280. The average Bonchev–Trinajstić information content (AvgIpc) is 3.05. The fourth-order valence-electron chi connectivity index (χ4n) is 3.97. The first-order valence-corrected chi connectivity index (χ1v) is 16.9. The van der Waals surface area contributed by atoms with Gasteiger partial charge >= 0.3 is 10.2 Å². The molecule has 4 rings (SSSR count). The molecule has 0 unspecified atom stereocenters. The molecule has 3 aromatic carbocycles. The number of carbonyl (C=O) groups excluding carboxylic acids is 1. The maximum atomic E-state index is 13.4. The Morgan fingerprint density at radius 3 is 2.08 bits per heavy atom. The average molecular weight is 574 g/mol. The van der Waals surface area contributed by atoms with Gasteiger partial charge < -0.3 is 4.74 Å². The van der Waals surface area contributed by atoms with E-state index < -0.39 is 24.2 Å². The number of nitrogens with zero attached hydrogens (tertiary/aromatic N) is 2. The molecule has 1 aliphatic rings. The van der Waals surface area contributed by atoms with Crippen molar-refractivity contribution in [1.82, 2.24) is 4.31 Å². The van der Waals surface area contributed by atoms with Crippen molar-refractivity contribution in [2.45, 2.75) is 38.7 Å². The van der Waals surface area contributed by atoms with Crippen molar-refractivity contribution < 1.29 is 37.4 Å². The number of benzene rings is 3. The van der Waals surface area contributed by atoms with E-state index in [-0.39, 0.29) is 32.6 Å². The van der Waals surface area contributed by atoms with Gasteiger partial charge in [0.15, 0.2) is 0 Å². The zero-order chi connectivity index (χ0) is 25.1. The summed E-state index contributed by atoms with van der Waals surface area (Å²) in [5.41, 5.74) is 3.52. The molecule has 0 aromatic heterocycles. The van der Waals surface area contributed by atoms with Crippen molar-refractivity contribution in [3.8, 4) is 5.75 Å². The maximum Gasteiger partial charge on any atom is 0.329 e. The van der Waals surface area contributed by atoms with Crippen molar-refractivity contribution in [2.75, 3.05) is 17.4 Å². The second-order valence-corrected chi connectivity index (χ2v) is 17.4. The van der Waals surface area contributed by atoms with Crippen molar-refractivity contribution >= 4 is 29.9 Å². The molecule has 0 saturated carbocycles. The first-order chi connectivity index (χ1) is 16.6.